The molecule has 0 radical (unpaired) electrons. The average Bonchev–Trinajstić information content (AvgIpc) is 3.53. The van der Waals surface area contributed by atoms with Crippen LogP contribution in [0.25, 0.3) is 33.2 Å². The van der Waals surface area contributed by atoms with Crippen molar-refractivity contribution in [1.29, 1.82) is 0 Å². The van der Waals surface area contributed by atoms with Crippen LogP contribution in [0.4, 0.5) is 5.82 Å². The van der Waals surface area contributed by atoms with Crippen molar-refractivity contribution in [3.8, 4) is 22.8 Å². The Morgan fingerprint density at radius 2 is 1.90 bits per heavy atom. The zero-order valence-corrected chi connectivity index (χ0v) is 22.7. The number of aromatic amines is 1. The molecule has 5 aromatic rings. The highest BCUT2D eigenvalue weighted by Gasteiger charge is 2.25. The van der Waals surface area contributed by atoms with Crippen LogP contribution in [0.1, 0.15) is 41.5 Å². The first-order valence-electron chi connectivity index (χ1n) is 12.6. The van der Waals surface area contributed by atoms with Crippen molar-refractivity contribution in [2.75, 3.05) is 26.6 Å². The number of hydrogen-bond acceptors (Lipinski definition) is 8. The summed E-state index contributed by atoms with van der Waals surface area (Å²) in [5, 5.41) is 5.31. The maximum Gasteiger partial charge on any atom is 0.337 e. The fraction of sp³-hybridized carbons (Fsp3) is 0.276. The predicted octanol–water partition coefficient (Wildman–Crippen LogP) is 5.04. The van der Waals surface area contributed by atoms with E-state index < -0.39 is 0 Å². The molecular weight excluding hydrogens is 496 g/mol. The molecule has 0 atom stereocenters. The van der Waals surface area contributed by atoms with Crippen LogP contribution in [-0.2, 0) is 17.8 Å². The first-order chi connectivity index (χ1) is 18.9. The molecule has 3 aromatic heterocycles. The van der Waals surface area contributed by atoms with Crippen molar-refractivity contribution in [3.05, 3.63) is 65.6 Å². The maximum absolute atomic E-state index is 12.1. The molecule has 5 rings (SSSR count). The molecule has 0 spiro atoms. The number of benzene rings is 2. The standard InChI is InChI=1S/C29H32N6O4/c1-16(2)35-23(13-30)25(22-10-17-6-7-18(29(36)39-5)11-21(17)34-22)26-27(32-15-33-28(26)35)31-14-19-8-9-20(37-3)12-24(19)38-4/h6-12,15-16,34H,13-14,30H2,1-5H3,(H,31,32,33). The maximum atomic E-state index is 12.1. The van der Waals surface area contributed by atoms with E-state index in [2.05, 4.69) is 44.7 Å². The van der Waals surface area contributed by atoms with Crippen LogP contribution in [0.3, 0.4) is 0 Å². The van der Waals surface area contributed by atoms with Gasteiger partial charge in [0.05, 0.1) is 32.3 Å². The Balaban J connectivity index is 1.66. The highest BCUT2D eigenvalue weighted by atomic mass is 16.5. The van der Waals surface area contributed by atoms with Gasteiger partial charge in [-0.3, -0.25) is 0 Å². The minimum Gasteiger partial charge on any atom is -0.497 e. The Kier molecular flexibility index (Phi) is 7.12. The molecular formula is C29H32N6O4. The molecule has 0 saturated carbocycles. The van der Waals surface area contributed by atoms with Crippen molar-refractivity contribution in [3.63, 3.8) is 0 Å². The van der Waals surface area contributed by atoms with Gasteiger partial charge < -0.3 is 34.8 Å². The molecule has 10 heteroatoms. The molecule has 3 heterocycles. The van der Waals surface area contributed by atoms with Gasteiger partial charge in [-0.1, -0.05) is 6.07 Å². The minimum atomic E-state index is -0.388. The average molecular weight is 529 g/mol. The number of rotatable bonds is 9. The molecule has 202 valence electrons. The smallest absolute Gasteiger partial charge is 0.337 e. The van der Waals surface area contributed by atoms with Crippen LogP contribution >= 0.6 is 0 Å². The van der Waals surface area contributed by atoms with Crippen molar-refractivity contribution in [2.24, 2.45) is 5.73 Å². The first kappa shape index (κ1) is 26.1. The molecule has 0 unspecified atom stereocenters. The number of H-pyrrole nitrogens is 1. The highest BCUT2D eigenvalue weighted by Crippen LogP contribution is 2.40. The number of carbonyl (C=O) groups excluding carboxylic acids is 1. The Bertz CT molecular complexity index is 1670. The number of ether oxygens (including phenoxy) is 3. The van der Waals surface area contributed by atoms with Crippen LogP contribution < -0.4 is 20.5 Å². The second-order valence-electron chi connectivity index (χ2n) is 9.42. The summed E-state index contributed by atoms with van der Waals surface area (Å²) >= 11 is 0. The zero-order valence-electron chi connectivity index (χ0n) is 22.7. The number of nitrogens with zero attached hydrogens (tertiary/aromatic N) is 3. The van der Waals surface area contributed by atoms with E-state index in [1.54, 1.807) is 32.7 Å². The van der Waals surface area contributed by atoms with Gasteiger partial charge >= 0.3 is 5.97 Å². The highest BCUT2D eigenvalue weighted by molar-refractivity contribution is 6.05. The van der Waals surface area contributed by atoms with Gasteiger partial charge in [0, 0.05) is 58.6 Å². The normalized spacial score (nSPS) is 11.4. The number of esters is 1. The fourth-order valence-corrected chi connectivity index (χ4v) is 5.05. The van der Waals surface area contributed by atoms with Crippen LogP contribution in [0.15, 0.2) is 48.8 Å². The molecule has 0 amide bonds. The Hall–Kier alpha value is -4.57. The monoisotopic (exact) mass is 528 g/mol. The summed E-state index contributed by atoms with van der Waals surface area (Å²) in [6.07, 6.45) is 1.56. The number of hydrogen-bond donors (Lipinski definition) is 3. The van der Waals surface area contributed by atoms with Crippen LogP contribution in [0.2, 0.25) is 0 Å². The summed E-state index contributed by atoms with van der Waals surface area (Å²) in [4.78, 5) is 24.9. The number of aromatic nitrogens is 4. The van der Waals surface area contributed by atoms with E-state index in [1.165, 1.54) is 7.11 Å². The van der Waals surface area contributed by atoms with E-state index >= 15 is 0 Å². The third-order valence-electron chi connectivity index (χ3n) is 6.85. The first-order valence-corrected chi connectivity index (χ1v) is 12.6. The van der Waals surface area contributed by atoms with E-state index in [4.69, 9.17) is 19.9 Å². The molecule has 0 fully saturated rings. The van der Waals surface area contributed by atoms with E-state index in [1.807, 2.05) is 24.3 Å². The molecule has 0 aliphatic heterocycles. The molecule has 0 saturated heterocycles. The quantitative estimate of drug-likeness (QED) is 0.227. The predicted molar refractivity (Wildman–Crippen MR) is 151 cm³/mol. The van der Waals surface area contributed by atoms with Gasteiger partial charge in [0.1, 0.15) is 29.3 Å². The second-order valence-corrected chi connectivity index (χ2v) is 9.42. The molecule has 0 aliphatic rings. The van der Waals surface area contributed by atoms with Crippen LogP contribution in [-0.4, -0.2) is 46.8 Å². The molecule has 10 nitrogen and oxygen atoms in total. The summed E-state index contributed by atoms with van der Waals surface area (Å²) in [7, 11) is 4.63. The summed E-state index contributed by atoms with van der Waals surface area (Å²) in [5.41, 5.74) is 12.1. The van der Waals surface area contributed by atoms with E-state index in [0.29, 0.717) is 30.2 Å². The molecule has 2 aromatic carbocycles. The molecule has 4 N–H and O–H groups in total. The summed E-state index contributed by atoms with van der Waals surface area (Å²) in [6.45, 7) is 4.98. The van der Waals surface area contributed by atoms with E-state index in [9.17, 15) is 4.79 Å². The van der Waals surface area contributed by atoms with Crippen LogP contribution in [0.5, 0.6) is 11.5 Å². The van der Waals surface area contributed by atoms with Gasteiger partial charge in [-0.2, -0.15) is 0 Å². The Morgan fingerprint density at radius 3 is 2.59 bits per heavy atom. The largest absolute Gasteiger partial charge is 0.497 e. The summed E-state index contributed by atoms with van der Waals surface area (Å²) in [6, 6.07) is 13.3. The summed E-state index contributed by atoms with van der Waals surface area (Å²) in [5.74, 6) is 1.72. The lowest BCUT2D eigenvalue weighted by Crippen LogP contribution is -2.10. The lowest BCUT2D eigenvalue weighted by atomic mass is 10.1. The van der Waals surface area contributed by atoms with E-state index in [0.717, 1.165) is 50.2 Å². The number of anilines is 1. The third-order valence-corrected chi connectivity index (χ3v) is 6.85. The number of nitrogens with one attached hydrogen (secondary N) is 2. The lowest BCUT2D eigenvalue weighted by molar-refractivity contribution is 0.0601. The fourth-order valence-electron chi connectivity index (χ4n) is 5.05. The molecule has 0 aliphatic carbocycles. The third kappa shape index (κ3) is 4.63. The molecule has 39 heavy (non-hydrogen) atoms. The lowest BCUT2D eigenvalue weighted by Gasteiger charge is -2.13. The number of methoxy groups -OCH3 is 3. The van der Waals surface area contributed by atoms with Gasteiger partial charge in [0.2, 0.25) is 0 Å². The number of nitrogens with two attached hydrogens (primary N) is 1. The number of carbonyl (C=O) groups is 1. The van der Waals surface area contributed by atoms with E-state index in [-0.39, 0.29) is 12.0 Å². The number of fused-ring (bicyclic) bond motifs is 2. The Labute approximate surface area is 226 Å². The van der Waals surface area contributed by atoms with Gasteiger partial charge in [-0.25, -0.2) is 14.8 Å². The van der Waals surface area contributed by atoms with Crippen molar-refractivity contribution < 1.29 is 19.0 Å². The van der Waals surface area contributed by atoms with Gasteiger partial charge in [-0.15, -0.1) is 0 Å². The molecule has 0 bridgehead atoms. The minimum absolute atomic E-state index is 0.111. The van der Waals surface area contributed by atoms with Gasteiger partial charge in [-0.05, 0) is 44.2 Å². The van der Waals surface area contributed by atoms with Crippen LogP contribution in [0, 0.1) is 0 Å². The van der Waals surface area contributed by atoms with Crippen molar-refractivity contribution >= 4 is 33.7 Å². The topological polar surface area (TPSA) is 129 Å². The van der Waals surface area contributed by atoms with Crippen molar-refractivity contribution in [1.82, 2.24) is 19.5 Å². The second kappa shape index (κ2) is 10.7. The SMILES string of the molecule is COC(=O)c1ccc2cc(-c3c(CN)n(C(C)C)c4ncnc(NCc5ccc(OC)cc5OC)c34)[nH]c2c1. The zero-order chi connectivity index (χ0) is 27.7. The van der Waals surface area contributed by atoms with Crippen molar-refractivity contribution in [2.45, 2.75) is 33.0 Å². The summed E-state index contributed by atoms with van der Waals surface area (Å²) < 4.78 is 18.0. The van der Waals surface area contributed by atoms with Gasteiger partial charge in [0.15, 0.2) is 0 Å². The Morgan fingerprint density at radius 1 is 1.08 bits per heavy atom. The van der Waals surface area contributed by atoms with Gasteiger partial charge in [0.25, 0.3) is 0 Å².